The summed E-state index contributed by atoms with van der Waals surface area (Å²) < 4.78 is 53.3. The molecule has 0 radical (unpaired) electrons. The minimum Gasteiger partial charge on any atom is -0.405 e. The van der Waals surface area contributed by atoms with E-state index in [4.69, 9.17) is 9.47 Å². The number of ether oxygens (including phenoxy) is 3. The molecule has 28 heavy (non-hydrogen) atoms. The number of morpholine rings is 1. The zero-order valence-corrected chi connectivity index (χ0v) is 17.9. The maximum atomic E-state index is 12.6. The number of hydrogen-bond donors (Lipinski definition) is 1. The van der Waals surface area contributed by atoms with E-state index < -0.39 is 6.36 Å². The Bertz CT molecular complexity index is 654. The van der Waals surface area contributed by atoms with Gasteiger partial charge in [-0.3, -0.25) is 4.99 Å². The van der Waals surface area contributed by atoms with E-state index in [1.807, 2.05) is 4.90 Å². The first-order valence-electron chi connectivity index (χ1n) is 8.99. The van der Waals surface area contributed by atoms with Gasteiger partial charge in [0.1, 0.15) is 11.9 Å². The minimum atomic E-state index is -4.73. The van der Waals surface area contributed by atoms with E-state index in [0.29, 0.717) is 31.2 Å². The lowest BCUT2D eigenvalue weighted by molar-refractivity contribution is -0.274. The lowest BCUT2D eigenvalue weighted by Gasteiger charge is -2.37. The average molecular weight is 515 g/mol. The van der Waals surface area contributed by atoms with E-state index in [1.54, 1.807) is 19.2 Å². The fraction of sp³-hybridized carbons (Fsp3) is 0.611. The topological polar surface area (TPSA) is 55.3 Å². The maximum Gasteiger partial charge on any atom is 0.573 e. The number of hydrogen-bond acceptors (Lipinski definition) is 4. The second-order valence-electron chi connectivity index (χ2n) is 6.46. The van der Waals surface area contributed by atoms with Gasteiger partial charge in [0.2, 0.25) is 0 Å². The van der Waals surface area contributed by atoms with Crippen LogP contribution in [0.25, 0.3) is 0 Å². The zero-order valence-electron chi connectivity index (χ0n) is 15.6. The number of guanidine groups is 1. The van der Waals surface area contributed by atoms with Crippen molar-refractivity contribution in [1.82, 2.24) is 10.2 Å². The summed E-state index contributed by atoms with van der Waals surface area (Å²) in [7, 11) is 1.65. The van der Waals surface area contributed by atoms with Crippen molar-refractivity contribution in [3.8, 4) is 5.75 Å². The number of aliphatic imine (C=N–C) groups is 1. The molecule has 1 aromatic rings. The molecule has 0 aromatic heterocycles. The predicted molar refractivity (Wildman–Crippen MR) is 109 cm³/mol. The Morgan fingerprint density at radius 2 is 2.00 bits per heavy atom. The lowest BCUT2D eigenvalue weighted by Crippen LogP contribution is -2.53. The SMILES string of the molecule is CN=C(NCc1ccccc1OC(F)(F)F)N1CCOC(C2CCCO2)C1.I. The van der Waals surface area contributed by atoms with Crippen molar-refractivity contribution in [2.75, 3.05) is 33.4 Å². The van der Waals surface area contributed by atoms with Crippen molar-refractivity contribution in [3.63, 3.8) is 0 Å². The van der Waals surface area contributed by atoms with Crippen LogP contribution < -0.4 is 10.1 Å². The van der Waals surface area contributed by atoms with E-state index >= 15 is 0 Å². The first kappa shape index (κ1) is 23.0. The Morgan fingerprint density at radius 1 is 1.25 bits per heavy atom. The van der Waals surface area contributed by atoms with Crippen molar-refractivity contribution < 1.29 is 27.4 Å². The maximum absolute atomic E-state index is 12.6. The molecular formula is C18H25F3IN3O3. The highest BCUT2D eigenvalue weighted by molar-refractivity contribution is 14.0. The fourth-order valence-corrected chi connectivity index (χ4v) is 3.37. The molecule has 158 valence electrons. The van der Waals surface area contributed by atoms with Gasteiger partial charge in [0.15, 0.2) is 5.96 Å². The summed E-state index contributed by atoms with van der Waals surface area (Å²) in [6.07, 6.45) is -2.65. The first-order valence-corrected chi connectivity index (χ1v) is 8.99. The highest BCUT2D eigenvalue weighted by atomic mass is 127. The van der Waals surface area contributed by atoms with Crippen molar-refractivity contribution in [2.24, 2.45) is 4.99 Å². The number of nitrogens with zero attached hydrogens (tertiary/aromatic N) is 2. The molecule has 2 saturated heterocycles. The van der Waals surface area contributed by atoms with Gasteiger partial charge in [-0.25, -0.2) is 0 Å². The Labute approximate surface area is 179 Å². The Balaban J connectivity index is 0.00000280. The highest BCUT2D eigenvalue weighted by Crippen LogP contribution is 2.26. The minimum absolute atomic E-state index is 0. The van der Waals surface area contributed by atoms with Gasteiger partial charge in [0.05, 0.1) is 12.7 Å². The van der Waals surface area contributed by atoms with Crippen molar-refractivity contribution in [1.29, 1.82) is 0 Å². The van der Waals surface area contributed by atoms with Gasteiger partial charge in [-0.2, -0.15) is 0 Å². The molecule has 0 bridgehead atoms. The van der Waals surface area contributed by atoms with Gasteiger partial charge in [0, 0.05) is 38.9 Å². The van der Waals surface area contributed by atoms with Crippen LogP contribution in [0, 0.1) is 0 Å². The van der Waals surface area contributed by atoms with E-state index in [2.05, 4.69) is 15.0 Å². The first-order chi connectivity index (χ1) is 13.0. The second kappa shape index (κ2) is 10.5. The molecule has 2 aliphatic heterocycles. The monoisotopic (exact) mass is 515 g/mol. The molecule has 3 rings (SSSR count). The van der Waals surface area contributed by atoms with Crippen molar-refractivity contribution >= 4 is 29.9 Å². The van der Waals surface area contributed by atoms with Crippen LogP contribution in [0.4, 0.5) is 13.2 Å². The van der Waals surface area contributed by atoms with Crippen LogP contribution in [0.1, 0.15) is 18.4 Å². The van der Waals surface area contributed by atoms with E-state index in [9.17, 15) is 13.2 Å². The molecule has 0 saturated carbocycles. The van der Waals surface area contributed by atoms with Gasteiger partial charge in [-0.05, 0) is 18.9 Å². The summed E-state index contributed by atoms with van der Waals surface area (Å²) in [5, 5.41) is 3.12. The Kier molecular flexibility index (Phi) is 8.62. The highest BCUT2D eigenvalue weighted by Gasteiger charge is 2.33. The van der Waals surface area contributed by atoms with Gasteiger partial charge in [-0.1, -0.05) is 18.2 Å². The van der Waals surface area contributed by atoms with Gasteiger partial charge in [0.25, 0.3) is 0 Å². The molecule has 0 amide bonds. The smallest absolute Gasteiger partial charge is 0.405 e. The van der Waals surface area contributed by atoms with E-state index in [0.717, 1.165) is 19.4 Å². The fourth-order valence-electron chi connectivity index (χ4n) is 3.37. The number of nitrogens with one attached hydrogen (secondary N) is 1. The molecule has 2 aliphatic rings. The molecule has 2 heterocycles. The number of benzene rings is 1. The molecule has 2 atom stereocenters. The summed E-state index contributed by atoms with van der Waals surface area (Å²) in [4.78, 5) is 6.31. The molecule has 1 aromatic carbocycles. The Hall–Kier alpha value is -1.27. The summed E-state index contributed by atoms with van der Waals surface area (Å²) in [5.41, 5.74) is 0.403. The number of para-hydroxylation sites is 1. The normalized spacial score (nSPS) is 23.3. The van der Waals surface area contributed by atoms with E-state index in [-0.39, 0.29) is 48.5 Å². The zero-order chi connectivity index (χ0) is 19.3. The molecule has 6 nitrogen and oxygen atoms in total. The van der Waals surface area contributed by atoms with Gasteiger partial charge >= 0.3 is 6.36 Å². The van der Waals surface area contributed by atoms with Crippen LogP contribution in [0.5, 0.6) is 5.75 Å². The molecule has 0 aliphatic carbocycles. The van der Waals surface area contributed by atoms with Crippen LogP contribution in [0.15, 0.2) is 29.3 Å². The van der Waals surface area contributed by atoms with Crippen molar-refractivity contribution in [2.45, 2.75) is 38.0 Å². The standard InChI is InChI=1S/C18H24F3N3O3.HI/c1-22-17(24-8-10-26-16(12-24)15-7-4-9-25-15)23-11-13-5-2-3-6-14(13)27-18(19,20)21;/h2-3,5-6,15-16H,4,7-12H2,1H3,(H,22,23);1H. The summed E-state index contributed by atoms with van der Waals surface area (Å²) in [5.74, 6) is 0.398. The largest absolute Gasteiger partial charge is 0.573 e. The third-order valence-corrected chi connectivity index (χ3v) is 4.62. The van der Waals surface area contributed by atoms with Crippen LogP contribution >= 0.6 is 24.0 Å². The number of alkyl halides is 3. The molecule has 1 N–H and O–H groups in total. The summed E-state index contributed by atoms with van der Waals surface area (Å²) in [6, 6.07) is 6.07. The van der Waals surface area contributed by atoms with Crippen LogP contribution in [0.2, 0.25) is 0 Å². The predicted octanol–water partition coefficient (Wildman–Crippen LogP) is 3.16. The molecule has 2 unspecified atom stereocenters. The van der Waals surface area contributed by atoms with Crippen LogP contribution in [-0.4, -0.2) is 62.8 Å². The third kappa shape index (κ3) is 6.38. The summed E-state index contributed by atoms with van der Waals surface area (Å²) in [6.45, 7) is 2.77. The second-order valence-corrected chi connectivity index (χ2v) is 6.46. The van der Waals surface area contributed by atoms with E-state index in [1.165, 1.54) is 12.1 Å². The molecule has 2 fully saturated rings. The van der Waals surface area contributed by atoms with Gasteiger partial charge < -0.3 is 24.4 Å². The average Bonchev–Trinajstić information content (AvgIpc) is 3.17. The summed E-state index contributed by atoms with van der Waals surface area (Å²) >= 11 is 0. The van der Waals surface area contributed by atoms with Crippen molar-refractivity contribution in [3.05, 3.63) is 29.8 Å². The Morgan fingerprint density at radius 3 is 2.68 bits per heavy atom. The number of halogens is 4. The quantitative estimate of drug-likeness (QED) is 0.380. The van der Waals surface area contributed by atoms with Crippen LogP contribution in [-0.2, 0) is 16.0 Å². The molecule has 0 spiro atoms. The van der Waals surface area contributed by atoms with Crippen LogP contribution in [0.3, 0.4) is 0 Å². The third-order valence-electron chi connectivity index (χ3n) is 4.62. The molecule has 10 heteroatoms. The lowest BCUT2D eigenvalue weighted by atomic mass is 10.1. The van der Waals surface area contributed by atoms with Gasteiger partial charge in [-0.15, -0.1) is 37.1 Å². The number of rotatable bonds is 4. The molecular weight excluding hydrogens is 490 g/mol.